The lowest BCUT2D eigenvalue weighted by molar-refractivity contribution is 1.10. The normalized spacial score (nSPS) is 6.86. The second-order valence-electron chi connectivity index (χ2n) is 0.747. The molecular weight excluding hydrogens is 174 g/mol. The number of halogens is 3. The fourth-order valence-corrected chi connectivity index (χ4v) is 0. The fraction of sp³-hybridized carbons (Fsp3) is 1.00. The van der Waals surface area contributed by atoms with E-state index in [0.717, 1.165) is 12.3 Å². The highest BCUT2D eigenvalue weighted by atomic mass is 36.0. The van der Waals surface area contributed by atoms with Crippen LogP contribution in [0.2, 0.25) is 0 Å². The van der Waals surface area contributed by atoms with Crippen molar-refractivity contribution in [3.63, 3.8) is 0 Å². The topological polar surface area (TPSA) is 0 Å². The van der Waals surface area contributed by atoms with Crippen molar-refractivity contribution in [2.75, 3.05) is 5.88 Å². The van der Waals surface area contributed by atoms with E-state index >= 15 is 0 Å². The SMILES string of the molecule is CCCCl.ClSCl. The van der Waals surface area contributed by atoms with Gasteiger partial charge in [-0.05, 0) is 27.8 Å². The van der Waals surface area contributed by atoms with Crippen molar-refractivity contribution in [2.45, 2.75) is 13.3 Å². The molecule has 0 aliphatic carbocycles. The molecule has 0 aliphatic heterocycles. The lowest BCUT2D eigenvalue weighted by Crippen LogP contribution is -1.55. The van der Waals surface area contributed by atoms with Crippen LogP contribution in [0.3, 0.4) is 0 Å². The summed E-state index contributed by atoms with van der Waals surface area (Å²) in [7, 11) is 10.1. The van der Waals surface area contributed by atoms with Crippen LogP contribution in [0.4, 0.5) is 0 Å². The predicted molar refractivity (Wildman–Crippen MR) is 40.3 cm³/mol. The van der Waals surface area contributed by atoms with E-state index in [-0.39, 0.29) is 0 Å². The molecular formula is C3H7Cl3S. The van der Waals surface area contributed by atoms with Crippen LogP contribution in [-0.4, -0.2) is 5.88 Å². The largest absolute Gasteiger partial charge is 0.127 e. The zero-order valence-electron chi connectivity index (χ0n) is 3.96. The molecule has 0 aromatic rings. The standard InChI is InChI=1S/C3H7Cl.Cl2S/c1-2-3-4;1-3-2/h2-3H2,1H3;. The second-order valence-corrected chi connectivity index (χ2v) is 2.64. The molecule has 0 atom stereocenters. The summed E-state index contributed by atoms with van der Waals surface area (Å²) < 4.78 is 0. The first kappa shape index (κ1) is 11.1. The lowest BCUT2D eigenvalue weighted by Gasteiger charge is -1.65. The summed E-state index contributed by atoms with van der Waals surface area (Å²) in [5, 5.41) is 0. The summed E-state index contributed by atoms with van der Waals surface area (Å²) in [5.74, 6) is 0.792. The van der Waals surface area contributed by atoms with Crippen molar-refractivity contribution in [3.8, 4) is 0 Å². The highest BCUT2D eigenvalue weighted by Crippen LogP contribution is 2.08. The number of hydrogen-bond donors (Lipinski definition) is 0. The molecule has 0 saturated heterocycles. The Morgan fingerprint density at radius 2 is 1.57 bits per heavy atom. The Bertz CT molecular complexity index is 17.7. The first-order valence-corrected chi connectivity index (χ1v) is 4.79. The number of hydrogen-bond acceptors (Lipinski definition) is 1. The van der Waals surface area contributed by atoms with E-state index < -0.39 is 0 Å². The molecule has 0 aliphatic rings. The molecule has 0 bridgehead atoms. The maximum absolute atomic E-state index is 5.19. The highest BCUT2D eigenvalue weighted by molar-refractivity contribution is 8.38. The zero-order chi connectivity index (χ0) is 6.12. The van der Waals surface area contributed by atoms with E-state index in [1.165, 1.54) is 0 Å². The summed E-state index contributed by atoms with van der Waals surface area (Å²) in [6.07, 6.45) is 1.08. The molecule has 46 valence electrons. The summed E-state index contributed by atoms with van der Waals surface area (Å²) in [6.45, 7) is 2.05. The molecule has 0 heterocycles. The molecule has 7 heavy (non-hydrogen) atoms. The van der Waals surface area contributed by atoms with Gasteiger partial charge in [0, 0.05) is 5.88 Å². The molecule has 0 nitrogen and oxygen atoms in total. The molecule has 0 aromatic heterocycles. The van der Waals surface area contributed by atoms with E-state index in [9.17, 15) is 0 Å². The van der Waals surface area contributed by atoms with Crippen molar-refractivity contribution in [1.82, 2.24) is 0 Å². The smallest absolute Gasteiger partial charge is 0.0523 e. The third-order valence-corrected chi connectivity index (χ3v) is 0.567. The Balaban J connectivity index is 0. The highest BCUT2D eigenvalue weighted by Gasteiger charge is 1.59. The summed E-state index contributed by atoms with van der Waals surface area (Å²) >= 11 is 5.19. The quantitative estimate of drug-likeness (QED) is 0.557. The Labute approximate surface area is 62.5 Å². The summed E-state index contributed by atoms with van der Waals surface area (Å²) in [5.41, 5.74) is 0. The van der Waals surface area contributed by atoms with Gasteiger partial charge in [-0.3, -0.25) is 0 Å². The Kier molecular flexibility index (Phi) is 24.8. The van der Waals surface area contributed by atoms with Gasteiger partial charge in [-0.2, -0.15) is 0 Å². The molecule has 0 rings (SSSR count). The van der Waals surface area contributed by atoms with Crippen LogP contribution in [0, 0.1) is 0 Å². The number of alkyl halides is 1. The van der Waals surface area contributed by atoms with E-state index in [1.807, 2.05) is 6.92 Å². The molecule has 0 N–H and O–H groups in total. The van der Waals surface area contributed by atoms with Crippen LogP contribution < -0.4 is 0 Å². The molecule has 0 aromatic carbocycles. The second kappa shape index (κ2) is 15.7. The van der Waals surface area contributed by atoms with Crippen molar-refractivity contribution >= 4 is 43.2 Å². The number of rotatable bonds is 1. The van der Waals surface area contributed by atoms with Crippen LogP contribution in [0.15, 0.2) is 0 Å². The van der Waals surface area contributed by atoms with Gasteiger partial charge in [-0.1, -0.05) is 6.92 Å². The summed E-state index contributed by atoms with van der Waals surface area (Å²) in [4.78, 5) is 0. The van der Waals surface area contributed by atoms with Gasteiger partial charge in [-0.25, -0.2) is 0 Å². The van der Waals surface area contributed by atoms with Gasteiger partial charge in [0.2, 0.25) is 0 Å². The van der Waals surface area contributed by atoms with Gasteiger partial charge in [-0.15, -0.1) is 11.6 Å². The molecule has 0 spiro atoms. The van der Waals surface area contributed by atoms with E-state index in [2.05, 4.69) is 21.4 Å². The predicted octanol–water partition coefficient (Wildman–Crippen LogP) is 3.66. The van der Waals surface area contributed by atoms with Crippen molar-refractivity contribution in [1.29, 1.82) is 0 Å². The lowest BCUT2D eigenvalue weighted by atomic mass is 10.6. The maximum Gasteiger partial charge on any atom is 0.0523 e. The third-order valence-electron chi connectivity index (χ3n) is 0.189. The average Bonchev–Trinajstić information content (AvgIpc) is 1.69. The maximum atomic E-state index is 5.19. The van der Waals surface area contributed by atoms with Gasteiger partial charge in [0.05, 0.1) is 10.2 Å². The monoisotopic (exact) mass is 180 g/mol. The van der Waals surface area contributed by atoms with Gasteiger partial charge in [0.15, 0.2) is 0 Å². The molecule has 0 fully saturated rings. The van der Waals surface area contributed by atoms with E-state index in [4.69, 9.17) is 11.6 Å². The van der Waals surface area contributed by atoms with Crippen LogP contribution in [0.1, 0.15) is 13.3 Å². The minimum Gasteiger partial charge on any atom is -0.127 e. The van der Waals surface area contributed by atoms with E-state index in [1.54, 1.807) is 0 Å². The van der Waals surface area contributed by atoms with E-state index in [0.29, 0.717) is 10.2 Å². The van der Waals surface area contributed by atoms with Crippen molar-refractivity contribution in [2.24, 2.45) is 0 Å². The van der Waals surface area contributed by atoms with Gasteiger partial charge < -0.3 is 0 Å². The molecule has 0 saturated carbocycles. The Morgan fingerprint density at radius 3 is 1.57 bits per heavy atom. The molecule has 0 unspecified atom stereocenters. The van der Waals surface area contributed by atoms with Crippen LogP contribution in [0.5, 0.6) is 0 Å². The minimum atomic E-state index is 0.694. The zero-order valence-corrected chi connectivity index (χ0v) is 7.04. The van der Waals surface area contributed by atoms with Crippen LogP contribution in [0.25, 0.3) is 0 Å². The van der Waals surface area contributed by atoms with Crippen LogP contribution >= 0.6 is 43.2 Å². The Morgan fingerprint density at radius 1 is 1.43 bits per heavy atom. The Hall–Kier alpha value is 1.22. The average molecular weight is 182 g/mol. The minimum absolute atomic E-state index is 0.694. The fourth-order valence-electron chi connectivity index (χ4n) is 0. The molecule has 0 radical (unpaired) electrons. The van der Waals surface area contributed by atoms with Gasteiger partial charge >= 0.3 is 0 Å². The summed E-state index contributed by atoms with van der Waals surface area (Å²) in [6, 6.07) is 0. The molecule has 4 heteroatoms. The first-order valence-electron chi connectivity index (χ1n) is 1.78. The molecule has 0 amide bonds. The first-order chi connectivity index (χ1) is 3.33. The van der Waals surface area contributed by atoms with Crippen LogP contribution in [-0.2, 0) is 0 Å². The third kappa shape index (κ3) is 39.9. The van der Waals surface area contributed by atoms with Crippen molar-refractivity contribution in [3.05, 3.63) is 0 Å². The van der Waals surface area contributed by atoms with Crippen molar-refractivity contribution < 1.29 is 0 Å². The van der Waals surface area contributed by atoms with Gasteiger partial charge in [0.1, 0.15) is 0 Å². The van der Waals surface area contributed by atoms with Gasteiger partial charge in [0.25, 0.3) is 0 Å².